The second-order valence-electron chi connectivity index (χ2n) is 5.11. The van der Waals surface area contributed by atoms with Crippen LogP contribution < -0.4 is 10.2 Å². The number of anilines is 2. The molecule has 2 rings (SSSR count). The first-order valence-corrected chi connectivity index (χ1v) is 7.42. The third-order valence-electron chi connectivity index (χ3n) is 3.51. The number of ether oxygens (including phenoxy) is 1. The molecule has 1 aromatic carbocycles. The summed E-state index contributed by atoms with van der Waals surface area (Å²) in [7, 11) is 0. The lowest BCUT2D eigenvalue weighted by molar-refractivity contribution is -0.147. The van der Waals surface area contributed by atoms with E-state index in [4.69, 9.17) is 4.74 Å². The summed E-state index contributed by atoms with van der Waals surface area (Å²) in [6.07, 6.45) is 0.544. The number of esters is 1. The average molecular weight is 304 g/mol. The normalized spacial score (nSPS) is 17.5. The van der Waals surface area contributed by atoms with Crippen molar-refractivity contribution in [3.63, 3.8) is 0 Å². The van der Waals surface area contributed by atoms with Crippen molar-refractivity contribution in [2.24, 2.45) is 5.92 Å². The molecule has 1 atom stereocenters. The van der Waals surface area contributed by atoms with E-state index < -0.39 is 5.92 Å². The molecule has 0 aromatic heterocycles. The molecule has 118 valence electrons. The topological polar surface area (TPSA) is 75.7 Å². The van der Waals surface area contributed by atoms with E-state index in [-0.39, 0.29) is 24.2 Å². The fourth-order valence-electron chi connectivity index (χ4n) is 2.38. The summed E-state index contributed by atoms with van der Waals surface area (Å²) in [6, 6.07) is 7.05. The van der Waals surface area contributed by atoms with E-state index >= 15 is 0 Å². The van der Waals surface area contributed by atoms with Gasteiger partial charge in [0.25, 0.3) is 0 Å². The summed E-state index contributed by atoms with van der Waals surface area (Å²) >= 11 is 0. The quantitative estimate of drug-likeness (QED) is 0.844. The predicted molar refractivity (Wildman–Crippen MR) is 82.5 cm³/mol. The lowest BCUT2D eigenvalue weighted by Gasteiger charge is -2.17. The Hall–Kier alpha value is -2.37. The first-order valence-electron chi connectivity index (χ1n) is 7.42. The van der Waals surface area contributed by atoms with Crippen LogP contribution in [0.5, 0.6) is 0 Å². The van der Waals surface area contributed by atoms with Gasteiger partial charge >= 0.3 is 5.97 Å². The van der Waals surface area contributed by atoms with E-state index in [0.29, 0.717) is 30.9 Å². The van der Waals surface area contributed by atoms with Crippen LogP contribution in [0.4, 0.5) is 11.4 Å². The molecule has 0 bridgehead atoms. The van der Waals surface area contributed by atoms with E-state index in [9.17, 15) is 14.4 Å². The Morgan fingerprint density at radius 2 is 2.14 bits per heavy atom. The maximum absolute atomic E-state index is 12.1. The lowest BCUT2D eigenvalue weighted by atomic mass is 10.1. The zero-order valence-corrected chi connectivity index (χ0v) is 12.8. The molecular weight excluding hydrogens is 284 g/mol. The molecule has 1 aliphatic rings. The molecule has 0 spiro atoms. The maximum atomic E-state index is 12.1. The Kier molecular flexibility index (Phi) is 5.14. The molecule has 22 heavy (non-hydrogen) atoms. The average Bonchev–Trinajstić information content (AvgIpc) is 2.90. The van der Waals surface area contributed by atoms with Crippen molar-refractivity contribution in [3.8, 4) is 0 Å². The highest BCUT2D eigenvalue weighted by molar-refractivity contribution is 6.00. The van der Waals surface area contributed by atoms with Crippen molar-refractivity contribution in [1.29, 1.82) is 0 Å². The van der Waals surface area contributed by atoms with Crippen LogP contribution in [0.2, 0.25) is 0 Å². The highest BCUT2D eigenvalue weighted by atomic mass is 16.5. The van der Waals surface area contributed by atoms with Gasteiger partial charge in [-0.15, -0.1) is 0 Å². The van der Waals surface area contributed by atoms with Crippen LogP contribution >= 0.6 is 0 Å². The summed E-state index contributed by atoms with van der Waals surface area (Å²) in [4.78, 5) is 36.9. The van der Waals surface area contributed by atoms with Crippen molar-refractivity contribution in [2.45, 2.75) is 26.7 Å². The van der Waals surface area contributed by atoms with Crippen LogP contribution in [0.3, 0.4) is 0 Å². The van der Waals surface area contributed by atoms with Crippen LogP contribution in [-0.2, 0) is 19.1 Å². The lowest BCUT2D eigenvalue weighted by Crippen LogP contribution is -2.26. The van der Waals surface area contributed by atoms with Gasteiger partial charge in [-0.25, -0.2) is 0 Å². The molecule has 0 aliphatic carbocycles. The molecule has 1 N–H and O–H groups in total. The third kappa shape index (κ3) is 3.63. The molecule has 1 aliphatic heterocycles. The fourth-order valence-corrected chi connectivity index (χ4v) is 2.38. The Morgan fingerprint density at radius 3 is 2.82 bits per heavy atom. The Balaban J connectivity index is 2.11. The standard InChI is InChI=1S/C16H20N2O4/c1-3-14(19)17-12-6-5-7-13(9-12)18-10-11(8-15(18)20)16(21)22-4-2/h5-7,9,11H,3-4,8,10H2,1-2H3,(H,17,19). The van der Waals surface area contributed by atoms with Crippen molar-refractivity contribution in [3.05, 3.63) is 24.3 Å². The van der Waals surface area contributed by atoms with Gasteiger partial charge in [-0.2, -0.15) is 0 Å². The predicted octanol–water partition coefficient (Wildman–Crippen LogP) is 1.95. The molecule has 1 saturated heterocycles. The number of carbonyl (C=O) groups excluding carboxylic acids is 3. The molecule has 1 heterocycles. The molecule has 1 fully saturated rings. The van der Waals surface area contributed by atoms with E-state index in [1.807, 2.05) is 0 Å². The van der Waals surface area contributed by atoms with E-state index in [0.717, 1.165) is 0 Å². The van der Waals surface area contributed by atoms with E-state index in [2.05, 4.69) is 5.32 Å². The van der Waals surface area contributed by atoms with Gasteiger partial charge in [0.1, 0.15) is 0 Å². The van der Waals surface area contributed by atoms with E-state index in [1.165, 1.54) is 0 Å². The van der Waals surface area contributed by atoms with Crippen LogP contribution in [0.25, 0.3) is 0 Å². The largest absolute Gasteiger partial charge is 0.466 e. The SMILES string of the molecule is CCOC(=O)C1CC(=O)N(c2cccc(NC(=O)CC)c2)C1. The van der Waals surface area contributed by atoms with Crippen LogP contribution in [0, 0.1) is 5.92 Å². The maximum Gasteiger partial charge on any atom is 0.311 e. The highest BCUT2D eigenvalue weighted by Crippen LogP contribution is 2.27. The van der Waals surface area contributed by atoms with Gasteiger partial charge in [0.2, 0.25) is 11.8 Å². The number of nitrogens with one attached hydrogen (secondary N) is 1. The molecule has 1 unspecified atom stereocenters. The molecule has 6 nitrogen and oxygen atoms in total. The minimum absolute atomic E-state index is 0.0886. The number of amides is 2. The number of rotatable bonds is 5. The second-order valence-corrected chi connectivity index (χ2v) is 5.11. The van der Waals surface area contributed by atoms with Crippen molar-refractivity contribution < 1.29 is 19.1 Å². The van der Waals surface area contributed by atoms with Gasteiger partial charge in [0, 0.05) is 30.8 Å². The number of hydrogen-bond donors (Lipinski definition) is 1. The molecule has 6 heteroatoms. The van der Waals surface area contributed by atoms with Gasteiger partial charge in [-0.3, -0.25) is 14.4 Å². The smallest absolute Gasteiger partial charge is 0.311 e. The Bertz CT molecular complexity index is 585. The molecule has 0 saturated carbocycles. The van der Waals surface area contributed by atoms with Crippen LogP contribution in [0.15, 0.2) is 24.3 Å². The van der Waals surface area contributed by atoms with Crippen molar-refractivity contribution in [1.82, 2.24) is 0 Å². The Morgan fingerprint density at radius 1 is 1.36 bits per heavy atom. The Labute approximate surface area is 129 Å². The van der Waals surface area contributed by atoms with Gasteiger partial charge < -0.3 is 15.0 Å². The third-order valence-corrected chi connectivity index (χ3v) is 3.51. The van der Waals surface area contributed by atoms with Crippen LogP contribution in [-0.4, -0.2) is 30.9 Å². The monoisotopic (exact) mass is 304 g/mol. The molecular formula is C16H20N2O4. The van der Waals surface area contributed by atoms with Gasteiger partial charge in [0.05, 0.1) is 12.5 Å². The first kappa shape index (κ1) is 16.0. The van der Waals surface area contributed by atoms with Gasteiger partial charge in [0.15, 0.2) is 0 Å². The summed E-state index contributed by atoms with van der Waals surface area (Å²) in [5.41, 5.74) is 1.31. The number of benzene rings is 1. The summed E-state index contributed by atoms with van der Waals surface area (Å²) in [5, 5.41) is 2.76. The number of carbonyl (C=O) groups is 3. The highest BCUT2D eigenvalue weighted by Gasteiger charge is 2.36. The molecule has 0 radical (unpaired) electrons. The fraction of sp³-hybridized carbons (Fsp3) is 0.438. The van der Waals surface area contributed by atoms with Gasteiger partial charge in [-0.05, 0) is 25.1 Å². The minimum Gasteiger partial charge on any atom is -0.466 e. The zero-order valence-electron chi connectivity index (χ0n) is 12.8. The number of hydrogen-bond acceptors (Lipinski definition) is 4. The van der Waals surface area contributed by atoms with Crippen molar-refractivity contribution in [2.75, 3.05) is 23.4 Å². The van der Waals surface area contributed by atoms with Gasteiger partial charge in [-0.1, -0.05) is 13.0 Å². The first-order chi connectivity index (χ1) is 10.5. The number of nitrogens with zero attached hydrogens (tertiary/aromatic N) is 1. The van der Waals surface area contributed by atoms with E-state index in [1.54, 1.807) is 43.0 Å². The van der Waals surface area contributed by atoms with Crippen molar-refractivity contribution >= 4 is 29.2 Å². The summed E-state index contributed by atoms with van der Waals surface area (Å²) in [6.45, 7) is 4.13. The summed E-state index contributed by atoms with van der Waals surface area (Å²) in [5.74, 6) is -0.971. The minimum atomic E-state index is -0.429. The zero-order chi connectivity index (χ0) is 16.1. The van der Waals surface area contributed by atoms with Crippen LogP contribution in [0.1, 0.15) is 26.7 Å². The molecule has 1 aromatic rings. The second kappa shape index (κ2) is 7.06. The molecule has 2 amide bonds. The summed E-state index contributed by atoms with van der Waals surface area (Å²) < 4.78 is 4.97.